The number of fused-ring (bicyclic) bond motifs is 15. The smallest absolute Gasteiger partial charge is 0.0726 e. The van der Waals surface area contributed by atoms with E-state index in [1.54, 1.807) is 0 Å². The SMILES string of the molecule is c1cc(-c2cccc(N(c3ccc4c(c3)C3(c5ccccc5-c5ccccc53)c3ccccc3-4)c3ccc4ccccc4c3)c2)cc(-c2ccc3c(c2)c2ccccc2n3-c2cccc3ccccc23)c1. The van der Waals surface area contributed by atoms with Crippen LogP contribution in [0, 0.1) is 0 Å². The van der Waals surface area contributed by atoms with Crippen molar-refractivity contribution >= 4 is 60.4 Å². The monoisotopic (exact) mass is 900 g/mol. The van der Waals surface area contributed by atoms with Gasteiger partial charge in [-0.05, 0) is 150 Å². The number of hydrogen-bond acceptors (Lipinski definition) is 1. The van der Waals surface area contributed by atoms with Gasteiger partial charge in [0.2, 0.25) is 0 Å². The second-order valence-electron chi connectivity index (χ2n) is 19.2. The normalized spacial score (nSPS) is 12.9. The van der Waals surface area contributed by atoms with Crippen LogP contribution in [0.3, 0.4) is 0 Å². The molecule has 330 valence electrons. The van der Waals surface area contributed by atoms with Crippen LogP contribution in [0.2, 0.25) is 0 Å². The molecule has 13 aromatic rings. The lowest BCUT2D eigenvalue weighted by Gasteiger charge is -2.32. The number of para-hydroxylation sites is 1. The highest BCUT2D eigenvalue weighted by atomic mass is 15.1. The molecule has 1 heterocycles. The molecule has 0 saturated heterocycles. The van der Waals surface area contributed by atoms with Gasteiger partial charge in [-0.1, -0.05) is 200 Å². The van der Waals surface area contributed by atoms with Crippen LogP contribution in [0.4, 0.5) is 17.1 Å². The van der Waals surface area contributed by atoms with E-state index in [1.165, 1.54) is 110 Å². The summed E-state index contributed by atoms with van der Waals surface area (Å²) in [5.41, 5.74) is 21.8. The highest BCUT2D eigenvalue weighted by molar-refractivity contribution is 6.12. The second-order valence-corrected chi connectivity index (χ2v) is 19.2. The van der Waals surface area contributed by atoms with Gasteiger partial charge in [0, 0.05) is 33.2 Å². The van der Waals surface area contributed by atoms with Crippen molar-refractivity contribution in [3.05, 3.63) is 289 Å². The first-order chi connectivity index (χ1) is 35.2. The van der Waals surface area contributed by atoms with E-state index in [1.807, 2.05) is 0 Å². The maximum Gasteiger partial charge on any atom is 0.0726 e. The van der Waals surface area contributed by atoms with Gasteiger partial charge in [-0.15, -0.1) is 0 Å². The molecule has 0 unspecified atom stereocenters. The summed E-state index contributed by atoms with van der Waals surface area (Å²) in [6.45, 7) is 0. The zero-order valence-corrected chi connectivity index (χ0v) is 38.8. The standard InChI is InChI=1S/C69H44N2/c1-2-18-49-41-53(36-34-45(49)16-1)70(54-37-38-59-58-27-7-11-31-64(58)69(65(59)44-54)62-29-9-5-25-56(62)57-26-6-10-30-63(57)69)52-23-14-22-50(42-52)47-20-13-21-48(40-47)51-35-39-68-61(43-51)60-28-8-12-32-67(60)71(68)66-33-15-19-46-17-3-4-24-55(46)66/h1-44H. The molecular formula is C69H44N2. The van der Waals surface area contributed by atoms with E-state index < -0.39 is 5.41 Å². The van der Waals surface area contributed by atoms with E-state index in [2.05, 4.69) is 276 Å². The first-order valence-electron chi connectivity index (χ1n) is 24.7. The molecule has 0 radical (unpaired) electrons. The van der Waals surface area contributed by atoms with Gasteiger partial charge in [0.25, 0.3) is 0 Å². The summed E-state index contributed by atoms with van der Waals surface area (Å²) >= 11 is 0. The van der Waals surface area contributed by atoms with E-state index in [0.29, 0.717) is 0 Å². The van der Waals surface area contributed by atoms with Gasteiger partial charge in [-0.25, -0.2) is 0 Å². The van der Waals surface area contributed by atoms with Crippen molar-refractivity contribution in [1.29, 1.82) is 0 Å². The van der Waals surface area contributed by atoms with Crippen molar-refractivity contribution in [2.24, 2.45) is 0 Å². The Hall–Kier alpha value is -9.24. The predicted molar refractivity (Wildman–Crippen MR) is 298 cm³/mol. The Morgan fingerprint density at radius 2 is 0.775 bits per heavy atom. The Balaban J connectivity index is 0.875. The molecule has 12 aromatic carbocycles. The number of nitrogens with zero attached hydrogens (tertiary/aromatic N) is 2. The van der Waals surface area contributed by atoms with Crippen molar-refractivity contribution in [3.8, 4) is 50.2 Å². The molecule has 2 heteroatoms. The van der Waals surface area contributed by atoms with E-state index in [-0.39, 0.29) is 0 Å². The van der Waals surface area contributed by atoms with E-state index in [4.69, 9.17) is 0 Å². The number of rotatable bonds is 6. The van der Waals surface area contributed by atoms with Crippen LogP contribution in [-0.4, -0.2) is 4.57 Å². The lowest BCUT2D eigenvalue weighted by Crippen LogP contribution is -2.26. The number of hydrogen-bond donors (Lipinski definition) is 0. The number of anilines is 3. The molecule has 0 bridgehead atoms. The summed E-state index contributed by atoms with van der Waals surface area (Å²) in [6.07, 6.45) is 0. The predicted octanol–water partition coefficient (Wildman–Crippen LogP) is 18.2. The molecule has 2 aliphatic carbocycles. The second kappa shape index (κ2) is 15.4. The quantitative estimate of drug-likeness (QED) is 0.161. The Kier molecular flexibility index (Phi) is 8.61. The maximum absolute atomic E-state index is 2.49. The van der Waals surface area contributed by atoms with Crippen molar-refractivity contribution in [2.45, 2.75) is 5.41 Å². The zero-order chi connectivity index (χ0) is 46.6. The minimum absolute atomic E-state index is 0.444. The lowest BCUT2D eigenvalue weighted by atomic mass is 9.70. The molecule has 1 aromatic heterocycles. The average Bonchev–Trinajstić information content (AvgIpc) is 4.04. The van der Waals surface area contributed by atoms with Gasteiger partial charge in [-0.2, -0.15) is 0 Å². The van der Waals surface area contributed by atoms with Gasteiger partial charge in [0.1, 0.15) is 0 Å². The highest BCUT2D eigenvalue weighted by Crippen LogP contribution is 2.63. The zero-order valence-electron chi connectivity index (χ0n) is 38.8. The first kappa shape index (κ1) is 39.7. The fourth-order valence-corrected chi connectivity index (χ4v) is 12.5. The Morgan fingerprint density at radius 3 is 1.52 bits per heavy atom. The molecule has 2 aliphatic rings. The third-order valence-electron chi connectivity index (χ3n) is 15.5. The van der Waals surface area contributed by atoms with Crippen LogP contribution >= 0.6 is 0 Å². The number of benzene rings is 12. The van der Waals surface area contributed by atoms with Crippen molar-refractivity contribution in [1.82, 2.24) is 4.57 Å². The summed E-state index contributed by atoms with van der Waals surface area (Å²) in [5, 5.41) is 7.40. The molecular weight excluding hydrogens is 857 g/mol. The molecule has 15 rings (SSSR count). The van der Waals surface area contributed by atoms with Crippen molar-refractivity contribution < 1.29 is 0 Å². The Labute approximate surface area is 412 Å². The van der Waals surface area contributed by atoms with E-state index >= 15 is 0 Å². The summed E-state index contributed by atoms with van der Waals surface area (Å²) in [7, 11) is 0. The summed E-state index contributed by atoms with van der Waals surface area (Å²) in [6, 6.07) is 99.2. The van der Waals surface area contributed by atoms with Crippen LogP contribution in [0.15, 0.2) is 267 Å². The fourth-order valence-electron chi connectivity index (χ4n) is 12.5. The molecule has 0 fully saturated rings. The molecule has 0 N–H and O–H groups in total. The van der Waals surface area contributed by atoms with E-state index in [9.17, 15) is 0 Å². The summed E-state index contributed by atoms with van der Waals surface area (Å²) < 4.78 is 2.44. The van der Waals surface area contributed by atoms with Gasteiger partial charge in [-0.3, -0.25) is 0 Å². The molecule has 0 amide bonds. The van der Waals surface area contributed by atoms with Gasteiger partial charge < -0.3 is 9.47 Å². The van der Waals surface area contributed by atoms with Crippen LogP contribution < -0.4 is 4.90 Å². The number of aromatic nitrogens is 1. The molecule has 0 atom stereocenters. The summed E-state index contributed by atoms with van der Waals surface area (Å²) in [4.78, 5) is 2.46. The molecule has 0 saturated carbocycles. The summed E-state index contributed by atoms with van der Waals surface area (Å²) in [5.74, 6) is 0. The van der Waals surface area contributed by atoms with Crippen molar-refractivity contribution in [3.63, 3.8) is 0 Å². The van der Waals surface area contributed by atoms with E-state index in [0.717, 1.165) is 22.6 Å². The van der Waals surface area contributed by atoms with Crippen LogP contribution in [-0.2, 0) is 5.41 Å². The van der Waals surface area contributed by atoms with Crippen LogP contribution in [0.25, 0.3) is 93.5 Å². The Morgan fingerprint density at radius 1 is 0.268 bits per heavy atom. The minimum Gasteiger partial charge on any atom is -0.310 e. The van der Waals surface area contributed by atoms with Gasteiger partial charge in [0.15, 0.2) is 0 Å². The lowest BCUT2D eigenvalue weighted by molar-refractivity contribution is 0.793. The van der Waals surface area contributed by atoms with Crippen LogP contribution in [0.1, 0.15) is 22.3 Å². The Bertz CT molecular complexity index is 4250. The maximum atomic E-state index is 2.49. The third-order valence-corrected chi connectivity index (χ3v) is 15.5. The minimum atomic E-state index is -0.444. The molecule has 71 heavy (non-hydrogen) atoms. The molecule has 1 spiro atoms. The van der Waals surface area contributed by atoms with Gasteiger partial charge >= 0.3 is 0 Å². The van der Waals surface area contributed by atoms with Crippen LogP contribution in [0.5, 0.6) is 0 Å². The third kappa shape index (κ3) is 5.83. The highest BCUT2D eigenvalue weighted by Gasteiger charge is 2.51. The molecule has 0 aliphatic heterocycles. The first-order valence-corrected chi connectivity index (χ1v) is 24.7. The topological polar surface area (TPSA) is 8.17 Å². The van der Waals surface area contributed by atoms with Gasteiger partial charge in [0.05, 0.1) is 22.1 Å². The largest absolute Gasteiger partial charge is 0.310 e. The van der Waals surface area contributed by atoms with Crippen molar-refractivity contribution in [2.75, 3.05) is 4.90 Å². The fraction of sp³-hybridized carbons (Fsp3) is 0.0145. The molecule has 2 nitrogen and oxygen atoms in total. The average molecular weight is 901 g/mol.